The van der Waals surface area contributed by atoms with Crippen LogP contribution in [0.1, 0.15) is 25.3 Å². The number of halogens is 1. The van der Waals surface area contributed by atoms with Crippen LogP contribution in [-0.2, 0) is 6.42 Å². The van der Waals surface area contributed by atoms with Gasteiger partial charge in [-0.15, -0.1) is 0 Å². The first kappa shape index (κ1) is 15.1. The average molecular weight is 293 g/mol. The predicted molar refractivity (Wildman–Crippen MR) is 83.1 cm³/mol. The number of rotatable bonds is 6. The van der Waals surface area contributed by atoms with E-state index in [1.165, 1.54) is 0 Å². The highest BCUT2D eigenvalue weighted by Gasteiger charge is 2.11. The molecule has 2 aromatic rings. The second-order valence-electron chi connectivity index (χ2n) is 5.40. The minimum Gasteiger partial charge on any atom is -0.441 e. The number of hydrogen-bond donors (Lipinski definition) is 1. The van der Waals surface area contributed by atoms with Crippen molar-refractivity contribution < 1.29 is 4.42 Å². The molecule has 0 amide bonds. The Bertz CT molecular complexity index is 563. The second kappa shape index (κ2) is 6.91. The number of aryl methyl sites for hydroxylation is 1. The molecule has 1 aromatic heterocycles. The van der Waals surface area contributed by atoms with Gasteiger partial charge in [0, 0.05) is 18.5 Å². The summed E-state index contributed by atoms with van der Waals surface area (Å²) >= 11 is 6.30. The van der Waals surface area contributed by atoms with Crippen molar-refractivity contribution in [3.63, 3.8) is 0 Å². The van der Waals surface area contributed by atoms with Crippen LogP contribution in [-0.4, -0.2) is 18.1 Å². The van der Waals surface area contributed by atoms with Crippen LogP contribution in [0, 0.1) is 12.8 Å². The maximum atomic E-state index is 6.30. The van der Waals surface area contributed by atoms with Gasteiger partial charge in [-0.1, -0.05) is 37.6 Å². The summed E-state index contributed by atoms with van der Waals surface area (Å²) in [5.74, 6) is 2.13. The highest BCUT2D eigenvalue weighted by atomic mass is 35.5. The zero-order chi connectivity index (χ0) is 14.5. The molecule has 0 aliphatic rings. The molecule has 4 heteroatoms. The first-order chi connectivity index (χ1) is 9.58. The van der Waals surface area contributed by atoms with Crippen molar-refractivity contribution in [3.8, 4) is 11.3 Å². The Balaban J connectivity index is 2.00. The third-order valence-electron chi connectivity index (χ3n) is 3.08. The smallest absolute Gasteiger partial charge is 0.196 e. The van der Waals surface area contributed by atoms with Gasteiger partial charge in [0.15, 0.2) is 11.7 Å². The van der Waals surface area contributed by atoms with Crippen molar-refractivity contribution >= 4 is 11.6 Å². The molecule has 0 bridgehead atoms. The van der Waals surface area contributed by atoms with Gasteiger partial charge in [0.1, 0.15) is 0 Å². The van der Waals surface area contributed by atoms with Crippen LogP contribution < -0.4 is 5.32 Å². The Hall–Kier alpha value is -1.32. The lowest BCUT2D eigenvalue weighted by atomic mass is 10.1. The lowest BCUT2D eigenvalue weighted by molar-refractivity contribution is 0.483. The fourth-order valence-electron chi connectivity index (χ4n) is 1.97. The Labute approximate surface area is 125 Å². The van der Waals surface area contributed by atoms with E-state index >= 15 is 0 Å². The SMILES string of the molecule is Cc1cccc(-c2cnc(CCNCC(C)C)o2)c1Cl. The van der Waals surface area contributed by atoms with Gasteiger partial charge in [0.2, 0.25) is 0 Å². The van der Waals surface area contributed by atoms with Crippen molar-refractivity contribution in [2.75, 3.05) is 13.1 Å². The van der Waals surface area contributed by atoms with E-state index in [4.69, 9.17) is 16.0 Å². The Morgan fingerprint density at radius 2 is 2.15 bits per heavy atom. The zero-order valence-electron chi connectivity index (χ0n) is 12.2. The molecule has 2 rings (SSSR count). The molecule has 1 aromatic carbocycles. The molecule has 0 radical (unpaired) electrons. The zero-order valence-corrected chi connectivity index (χ0v) is 13.0. The molecule has 20 heavy (non-hydrogen) atoms. The van der Waals surface area contributed by atoms with Gasteiger partial charge in [0.25, 0.3) is 0 Å². The van der Waals surface area contributed by atoms with Crippen LogP contribution in [0.5, 0.6) is 0 Å². The number of aromatic nitrogens is 1. The summed E-state index contributed by atoms with van der Waals surface area (Å²) < 4.78 is 5.78. The maximum Gasteiger partial charge on any atom is 0.196 e. The van der Waals surface area contributed by atoms with Gasteiger partial charge in [-0.3, -0.25) is 0 Å². The second-order valence-corrected chi connectivity index (χ2v) is 5.78. The average Bonchev–Trinajstić information content (AvgIpc) is 2.86. The molecule has 0 spiro atoms. The van der Waals surface area contributed by atoms with Gasteiger partial charge in [-0.2, -0.15) is 0 Å². The van der Waals surface area contributed by atoms with Gasteiger partial charge in [0.05, 0.1) is 11.2 Å². The molecule has 0 saturated carbocycles. The van der Waals surface area contributed by atoms with E-state index in [1.807, 2.05) is 25.1 Å². The molecule has 1 N–H and O–H groups in total. The molecule has 3 nitrogen and oxygen atoms in total. The van der Waals surface area contributed by atoms with Gasteiger partial charge >= 0.3 is 0 Å². The van der Waals surface area contributed by atoms with Crippen molar-refractivity contribution in [2.24, 2.45) is 5.92 Å². The fraction of sp³-hybridized carbons (Fsp3) is 0.438. The monoisotopic (exact) mass is 292 g/mol. The third-order valence-corrected chi connectivity index (χ3v) is 3.58. The minimum absolute atomic E-state index is 0.654. The van der Waals surface area contributed by atoms with E-state index in [-0.39, 0.29) is 0 Å². The molecule has 0 fully saturated rings. The van der Waals surface area contributed by atoms with Gasteiger partial charge in [-0.05, 0) is 31.0 Å². The Morgan fingerprint density at radius 3 is 2.90 bits per heavy atom. The van der Waals surface area contributed by atoms with Crippen LogP contribution >= 0.6 is 11.6 Å². The lowest BCUT2D eigenvalue weighted by Crippen LogP contribution is -2.22. The Kier molecular flexibility index (Phi) is 5.21. The van der Waals surface area contributed by atoms with Crippen molar-refractivity contribution in [2.45, 2.75) is 27.2 Å². The summed E-state index contributed by atoms with van der Waals surface area (Å²) in [7, 11) is 0. The molecule has 108 valence electrons. The first-order valence-electron chi connectivity index (χ1n) is 6.99. The maximum absolute atomic E-state index is 6.30. The lowest BCUT2D eigenvalue weighted by Gasteiger charge is -2.05. The van der Waals surface area contributed by atoms with E-state index < -0.39 is 0 Å². The Morgan fingerprint density at radius 1 is 1.35 bits per heavy atom. The first-order valence-corrected chi connectivity index (χ1v) is 7.36. The molecule has 0 aliphatic heterocycles. The molecule has 0 aliphatic carbocycles. The van der Waals surface area contributed by atoms with Crippen LogP contribution in [0.4, 0.5) is 0 Å². The topological polar surface area (TPSA) is 38.1 Å². The molecule has 1 heterocycles. The molecule has 0 unspecified atom stereocenters. The summed E-state index contributed by atoms with van der Waals surface area (Å²) in [6.07, 6.45) is 2.54. The van der Waals surface area contributed by atoms with Crippen LogP contribution in [0.25, 0.3) is 11.3 Å². The predicted octanol–water partition coefficient (Wildman–Crippen LogP) is 4.09. The van der Waals surface area contributed by atoms with Crippen LogP contribution in [0.2, 0.25) is 5.02 Å². The van der Waals surface area contributed by atoms with Crippen LogP contribution in [0.15, 0.2) is 28.8 Å². The highest BCUT2D eigenvalue weighted by Crippen LogP contribution is 2.30. The van der Waals surface area contributed by atoms with E-state index in [1.54, 1.807) is 6.20 Å². The van der Waals surface area contributed by atoms with E-state index in [0.29, 0.717) is 5.92 Å². The minimum atomic E-state index is 0.654. The summed E-state index contributed by atoms with van der Waals surface area (Å²) in [6, 6.07) is 5.92. The van der Waals surface area contributed by atoms with Gasteiger partial charge < -0.3 is 9.73 Å². The van der Waals surface area contributed by atoms with Crippen LogP contribution in [0.3, 0.4) is 0 Å². The summed E-state index contributed by atoms with van der Waals surface area (Å²) in [5.41, 5.74) is 1.95. The number of benzene rings is 1. The van der Waals surface area contributed by atoms with E-state index in [0.717, 1.165) is 47.3 Å². The number of nitrogens with zero attached hydrogens (tertiary/aromatic N) is 1. The molecule has 0 saturated heterocycles. The highest BCUT2D eigenvalue weighted by molar-refractivity contribution is 6.33. The van der Waals surface area contributed by atoms with E-state index in [9.17, 15) is 0 Å². The molecule has 0 atom stereocenters. The van der Waals surface area contributed by atoms with Crippen molar-refractivity contribution in [1.82, 2.24) is 10.3 Å². The quantitative estimate of drug-likeness (QED) is 0.815. The van der Waals surface area contributed by atoms with Crippen molar-refractivity contribution in [3.05, 3.63) is 40.9 Å². The summed E-state index contributed by atoms with van der Waals surface area (Å²) in [6.45, 7) is 8.25. The standard InChI is InChI=1S/C16H21ClN2O/c1-11(2)9-18-8-7-15-19-10-14(20-15)13-6-4-5-12(3)16(13)17/h4-6,10-11,18H,7-9H2,1-3H3. The summed E-state index contributed by atoms with van der Waals surface area (Å²) in [5, 5.41) is 4.11. The number of nitrogens with one attached hydrogen (secondary N) is 1. The molecular weight excluding hydrogens is 272 g/mol. The largest absolute Gasteiger partial charge is 0.441 e. The third kappa shape index (κ3) is 3.84. The molecular formula is C16H21ClN2O. The van der Waals surface area contributed by atoms with E-state index in [2.05, 4.69) is 24.1 Å². The fourth-order valence-corrected chi connectivity index (χ4v) is 2.19. The van der Waals surface area contributed by atoms with Gasteiger partial charge in [-0.25, -0.2) is 4.98 Å². The number of oxazole rings is 1. The normalized spacial score (nSPS) is 11.2. The summed E-state index contributed by atoms with van der Waals surface area (Å²) in [4.78, 5) is 4.31. The number of hydrogen-bond acceptors (Lipinski definition) is 3. The van der Waals surface area contributed by atoms with Crippen molar-refractivity contribution in [1.29, 1.82) is 0 Å².